The Balaban J connectivity index is 1.92. The van der Waals surface area contributed by atoms with Gasteiger partial charge in [-0.1, -0.05) is 29.3 Å². The molecule has 3 rings (SSSR count). The molecule has 2 aromatic rings. The average Bonchev–Trinajstić information content (AvgIpc) is 2.92. The molecule has 1 aliphatic rings. The van der Waals surface area contributed by atoms with Gasteiger partial charge in [0.05, 0.1) is 17.7 Å². The first-order chi connectivity index (χ1) is 12.5. The maximum atomic E-state index is 12.7. The standard InChI is InChI=1S/C19H16Cl2N2O2S/c1-3-23-18(24)17(10-12-4-5-13(20)11-16(12)21)26-19(23)22-14-6-8-15(25-2)9-7-14/h4-11H,3H2,1-2H3/b17-10+,22-19?. The maximum absolute atomic E-state index is 12.7. The molecule has 0 spiro atoms. The summed E-state index contributed by atoms with van der Waals surface area (Å²) in [5.74, 6) is 0.671. The molecule has 134 valence electrons. The highest BCUT2D eigenvalue weighted by atomic mass is 35.5. The minimum atomic E-state index is -0.0872. The molecule has 1 amide bonds. The topological polar surface area (TPSA) is 41.9 Å². The Kier molecular flexibility index (Phi) is 5.91. The Morgan fingerprint density at radius 2 is 1.92 bits per heavy atom. The molecule has 2 aromatic carbocycles. The van der Waals surface area contributed by atoms with Crippen LogP contribution in [0.1, 0.15) is 12.5 Å². The molecule has 0 unspecified atom stereocenters. The molecular formula is C19H16Cl2N2O2S. The van der Waals surface area contributed by atoms with Gasteiger partial charge in [0.2, 0.25) is 0 Å². The van der Waals surface area contributed by atoms with E-state index in [9.17, 15) is 4.79 Å². The lowest BCUT2D eigenvalue weighted by Crippen LogP contribution is -2.28. The fourth-order valence-corrected chi connectivity index (χ4v) is 3.91. The first-order valence-electron chi connectivity index (χ1n) is 7.91. The normalized spacial score (nSPS) is 17.4. The summed E-state index contributed by atoms with van der Waals surface area (Å²) in [6, 6.07) is 12.6. The van der Waals surface area contributed by atoms with E-state index in [4.69, 9.17) is 27.9 Å². The van der Waals surface area contributed by atoms with E-state index in [1.807, 2.05) is 31.2 Å². The summed E-state index contributed by atoms with van der Waals surface area (Å²) in [5, 5.41) is 1.69. The Labute approximate surface area is 166 Å². The molecule has 0 atom stereocenters. The van der Waals surface area contributed by atoms with Crippen molar-refractivity contribution in [2.45, 2.75) is 6.92 Å². The van der Waals surface area contributed by atoms with Crippen LogP contribution in [0.2, 0.25) is 10.0 Å². The second-order valence-electron chi connectivity index (χ2n) is 5.42. The van der Waals surface area contributed by atoms with Crippen LogP contribution in [0.15, 0.2) is 52.4 Å². The molecule has 1 fully saturated rings. The van der Waals surface area contributed by atoms with Crippen molar-refractivity contribution in [1.82, 2.24) is 4.90 Å². The van der Waals surface area contributed by atoms with Gasteiger partial charge >= 0.3 is 0 Å². The van der Waals surface area contributed by atoms with Gasteiger partial charge in [-0.15, -0.1) is 0 Å². The molecular weight excluding hydrogens is 391 g/mol. The zero-order valence-corrected chi connectivity index (χ0v) is 16.5. The van der Waals surface area contributed by atoms with Gasteiger partial charge < -0.3 is 4.74 Å². The molecule has 4 nitrogen and oxygen atoms in total. The quantitative estimate of drug-likeness (QED) is 0.618. The summed E-state index contributed by atoms with van der Waals surface area (Å²) in [7, 11) is 1.62. The molecule has 0 N–H and O–H groups in total. The number of halogens is 2. The third kappa shape index (κ3) is 4.06. The van der Waals surface area contributed by atoms with E-state index < -0.39 is 0 Å². The summed E-state index contributed by atoms with van der Waals surface area (Å²) in [6.07, 6.45) is 1.77. The predicted octanol–water partition coefficient (Wildman–Crippen LogP) is 5.63. The van der Waals surface area contributed by atoms with Crippen LogP contribution in [0.5, 0.6) is 5.75 Å². The van der Waals surface area contributed by atoms with E-state index >= 15 is 0 Å². The van der Waals surface area contributed by atoms with Crippen molar-refractivity contribution < 1.29 is 9.53 Å². The molecule has 0 aromatic heterocycles. The van der Waals surface area contributed by atoms with E-state index in [0.717, 1.165) is 17.0 Å². The number of nitrogens with zero attached hydrogens (tertiary/aromatic N) is 2. The third-order valence-electron chi connectivity index (χ3n) is 3.75. The van der Waals surface area contributed by atoms with Crippen LogP contribution in [0.4, 0.5) is 5.69 Å². The van der Waals surface area contributed by atoms with Gasteiger partial charge in [-0.3, -0.25) is 9.69 Å². The largest absolute Gasteiger partial charge is 0.497 e. The van der Waals surface area contributed by atoms with Crippen LogP contribution in [-0.2, 0) is 4.79 Å². The number of rotatable bonds is 4. The highest BCUT2D eigenvalue weighted by molar-refractivity contribution is 8.18. The van der Waals surface area contributed by atoms with Crippen molar-refractivity contribution in [3.05, 3.63) is 63.0 Å². The van der Waals surface area contributed by atoms with Gasteiger partial charge in [-0.25, -0.2) is 4.99 Å². The predicted molar refractivity (Wildman–Crippen MR) is 110 cm³/mol. The summed E-state index contributed by atoms with van der Waals surface area (Å²) >= 11 is 13.5. The van der Waals surface area contributed by atoms with Crippen LogP contribution in [-0.4, -0.2) is 29.6 Å². The summed E-state index contributed by atoms with van der Waals surface area (Å²) in [4.78, 5) is 19.5. The Bertz CT molecular complexity index is 895. The number of carbonyl (C=O) groups excluding carboxylic acids is 1. The number of methoxy groups -OCH3 is 1. The van der Waals surface area contributed by atoms with E-state index in [1.165, 1.54) is 11.8 Å². The van der Waals surface area contributed by atoms with Crippen LogP contribution in [0.3, 0.4) is 0 Å². The maximum Gasteiger partial charge on any atom is 0.266 e. The minimum Gasteiger partial charge on any atom is -0.497 e. The third-order valence-corrected chi connectivity index (χ3v) is 5.32. The number of amidine groups is 1. The zero-order chi connectivity index (χ0) is 18.7. The van der Waals surface area contributed by atoms with Gasteiger partial charge in [-0.2, -0.15) is 0 Å². The Morgan fingerprint density at radius 3 is 2.54 bits per heavy atom. The number of benzene rings is 2. The SMILES string of the molecule is CCN1C(=O)/C(=C\c2ccc(Cl)cc2Cl)SC1=Nc1ccc(OC)cc1. The number of thioether (sulfide) groups is 1. The molecule has 1 heterocycles. The van der Waals surface area contributed by atoms with E-state index in [2.05, 4.69) is 4.99 Å². The molecule has 1 aliphatic heterocycles. The lowest BCUT2D eigenvalue weighted by molar-refractivity contribution is -0.122. The number of hydrogen-bond acceptors (Lipinski definition) is 4. The summed E-state index contributed by atoms with van der Waals surface area (Å²) in [6.45, 7) is 2.45. The van der Waals surface area contributed by atoms with Gasteiger partial charge in [0.1, 0.15) is 5.75 Å². The van der Waals surface area contributed by atoms with Crippen molar-refractivity contribution >= 4 is 57.8 Å². The Hall–Kier alpha value is -1.95. The fourth-order valence-electron chi connectivity index (χ4n) is 2.40. The second-order valence-corrected chi connectivity index (χ2v) is 7.27. The number of hydrogen-bond donors (Lipinski definition) is 0. The molecule has 0 aliphatic carbocycles. The number of aliphatic imine (C=N–C) groups is 1. The minimum absolute atomic E-state index is 0.0872. The van der Waals surface area contributed by atoms with Crippen molar-refractivity contribution in [3.8, 4) is 5.75 Å². The van der Waals surface area contributed by atoms with Crippen LogP contribution in [0, 0.1) is 0 Å². The number of likely N-dealkylation sites (N-methyl/N-ethyl adjacent to an activating group) is 1. The van der Waals surface area contributed by atoms with Crippen molar-refractivity contribution in [2.24, 2.45) is 4.99 Å². The van der Waals surface area contributed by atoms with Crippen molar-refractivity contribution in [3.63, 3.8) is 0 Å². The van der Waals surface area contributed by atoms with Crippen LogP contribution < -0.4 is 4.74 Å². The monoisotopic (exact) mass is 406 g/mol. The van der Waals surface area contributed by atoms with Crippen LogP contribution >= 0.6 is 35.0 Å². The molecule has 0 saturated carbocycles. The van der Waals surface area contributed by atoms with Gasteiger partial charge in [0.15, 0.2) is 5.17 Å². The van der Waals surface area contributed by atoms with Crippen molar-refractivity contribution in [1.29, 1.82) is 0 Å². The van der Waals surface area contributed by atoms with Gasteiger partial charge in [-0.05, 0) is 66.7 Å². The molecule has 0 radical (unpaired) electrons. The number of carbonyl (C=O) groups is 1. The Morgan fingerprint density at radius 1 is 1.19 bits per heavy atom. The highest BCUT2D eigenvalue weighted by Crippen LogP contribution is 2.35. The average molecular weight is 407 g/mol. The summed E-state index contributed by atoms with van der Waals surface area (Å²) < 4.78 is 5.15. The first-order valence-corrected chi connectivity index (χ1v) is 9.48. The highest BCUT2D eigenvalue weighted by Gasteiger charge is 2.32. The fraction of sp³-hybridized carbons (Fsp3) is 0.158. The van der Waals surface area contributed by atoms with E-state index in [-0.39, 0.29) is 5.91 Å². The number of amides is 1. The first kappa shape index (κ1) is 18.8. The molecule has 26 heavy (non-hydrogen) atoms. The van der Waals surface area contributed by atoms with Gasteiger partial charge in [0.25, 0.3) is 5.91 Å². The second kappa shape index (κ2) is 8.16. The molecule has 0 bridgehead atoms. The van der Waals surface area contributed by atoms with Crippen LogP contribution in [0.25, 0.3) is 6.08 Å². The summed E-state index contributed by atoms with van der Waals surface area (Å²) in [5.41, 5.74) is 1.50. The van der Waals surface area contributed by atoms with E-state index in [1.54, 1.807) is 36.3 Å². The lowest BCUT2D eigenvalue weighted by Gasteiger charge is -2.12. The van der Waals surface area contributed by atoms with Crippen molar-refractivity contribution in [2.75, 3.05) is 13.7 Å². The lowest BCUT2D eigenvalue weighted by atomic mass is 10.2. The smallest absolute Gasteiger partial charge is 0.266 e. The molecule has 1 saturated heterocycles. The number of ether oxygens (including phenoxy) is 1. The van der Waals surface area contributed by atoms with Gasteiger partial charge in [0, 0.05) is 16.6 Å². The van der Waals surface area contributed by atoms with E-state index in [0.29, 0.717) is 26.7 Å². The molecule has 7 heteroatoms. The zero-order valence-electron chi connectivity index (χ0n) is 14.2.